The van der Waals surface area contributed by atoms with Crippen LogP contribution in [0.1, 0.15) is 50.8 Å². The Balaban J connectivity index is 1.91. The van der Waals surface area contributed by atoms with Crippen molar-refractivity contribution in [3.05, 3.63) is 29.5 Å². The zero-order valence-corrected chi connectivity index (χ0v) is 14.3. The largest absolute Gasteiger partial charge is 0.356 e. The SMILES string of the molecule is CC[C@@H]1CN(C)CC[C@H]1c1noc2cc(CC(C)C)ccc12. The van der Waals surface area contributed by atoms with E-state index in [-0.39, 0.29) is 0 Å². The first kappa shape index (κ1) is 15.5. The van der Waals surface area contributed by atoms with Gasteiger partial charge in [0.2, 0.25) is 0 Å². The number of likely N-dealkylation sites (tertiary alicyclic amines) is 1. The summed E-state index contributed by atoms with van der Waals surface area (Å²) in [6, 6.07) is 6.66. The van der Waals surface area contributed by atoms with Gasteiger partial charge in [-0.2, -0.15) is 0 Å². The van der Waals surface area contributed by atoms with Crippen molar-refractivity contribution in [3.63, 3.8) is 0 Å². The predicted molar refractivity (Wildman–Crippen MR) is 91.2 cm³/mol. The molecule has 0 saturated carbocycles. The molecule has 3 heteroatoms. The second-order valence-corrected chi connectivity index (χ2v) is 7.32. The Morgan fingerprint density at radius 3 is 2.91 bits per heavy atom. The molecule has 0 amide bonds. The van der Waals surface area contributed by atoms with E-state index in [4.69, 9.17) is 4.52 Å². The molecule has 3 rings (SSSR count). The van der Waals surface area contributed by atoms with E-state index in [0.717, 1.165) is 18.5 Å². The van der Waals surface area contributed by atoms with Gasteiger partial charge in [-0.15, -0.1) is 0 Å². The molecule has 1 aliphatic rings. The Hall–Kier alpha value is -1.35. The van der Waals surface area contributed by atoms with Crippen molar-refractivity contribution in [3.8, 4) is 0 Å². The van der Waals surface area contributed by atoms with E-state index >= 15 is 0 Å². The molecule has 2 aromatic rings. The summed E-state index contributed by atoms with van der Waals surface area (Å²) in [6.07, 6.45) is 3.48. The van der Waals surface area contributed by atoms with Gasteiger partial charge in [0.25, 0.3) is 0 Å². The molecule has 120 valence electrons. The summed E-state index contributed by atoms with van der Waals surface area (Å²) >= 11 is 0. The minimum atomic E-state index is 0.540. The second-order valence-electron chi connectivity index (χ2n) is 7.32. The van der Waals surface area contributed by atoms with Gasteiger partial charge in [-0.1, -0.05) is 38.4 Å². The van der Waals surface area contributed by atoms with Gasteiger partial charge in [-0.05, 0) is 56.0 Å². The van der Waals surface area contributed by atoms with E-state index < -0.39 is 0 Å². The van der Waals surface area contributed by atoms with Crippen LogP contribution in [0.3, 0.4) is 0 Å². The Morgan fingerprint density at radius 2 is 2.18 bits per heavy atom. The summed E-state index contributed by atoms with van der Waals surface area (Å²) in [5.74, 6) is 1.89. The molecule has 0 bridgehead atoms. The summed E-state index contributed by atoms with van der Waals surface area (Å²) in [5.41, 5.74) is 3.49. The second kappa shape index (κ2) is 6.41. The van der Waals surface area contributed by atoms with Crippen molar-refractivity contribution in [2.45, 2.75) is 46.0 Å². The molecular formula is C19H28N2O. The Kier molecular flexibility index (Phi) is 4.53. The van der Waals surface area contributed by atoms with Crippen molar-refractivity contribution in [1.29, 1.82) is 0 Å². The van der Waals surface area contributed by atoms with Crippen molar-refractivity contribution >= 4 is 11.0 Å². The fraction of sp³-hybridized carbons (Fsp3) is 0.632. The van der Waals surface area contributed by atoms with Crippen LogP contribution in [0.2, 0.25) is 0 Å². The first-order valence-electron chi connectivity index (χ1n) is 8.65. The standard InChI is InChI=1S/C19H28N2O/c1-5-15-12-21(4)9-8-16(15)19-17-7-6-14(10-13(2)3)11-18(17)22-20-19/h6-7,11,13,15-16H,5,8-10,12H2,1-4H3/t15-,16-/m1/s1. The van der Waals surface area contributed by atoms with Gasteiger partial charge in [-0.3, -0.25) is 0 Å². The van der Waals surface area contributed by atoms with Gasteiger partial charge < -0.3 is 9.42 Å². The monoisotopic (exact) mass is 300 g/mol. The normalized spacial score (nSPS) is 23.5. The lowest BCUT2D eigenvalue weighted by Gasteiger charge is -2.35. The zero-order valence-electron chi connectivity index (χ0n) is 14.3. The fourth-order valence-electron chi connectivity index (χ4n) is 3.85. The average Bonchev–Trinajstić information content (AvgIpc) is 2.89. The molecule has 1 aliphatic heterocycles. The number of hydrogen-bond acceptors (Lipinski definition) is 3. The van der Waals surface area contributed by atoms with E-state index in [0.29, 0.717) is 17.8 Å². The number of piperidine rings is 1. The summed E-state index contributed by atoms with van der Waals surface area (Å²) in [6.45, 7) is 9.11. The molecule has 2 heterocycles. The minimum Gasteiger partial charge on any atom is -0.356 e. The predicted octanol–water partition coefficient (Wildman–Crippen LogP) is 4.47. The Morgan fingerprint density at radius 1 is 1.36 bits per heavy atom. The zero-order chi connectivity index (χ0) is 15.7. The van der Waals surface area contributed by atoms with E-state index in [2.05, 4.69) is 56.1 Å². The third-order valence-electron chi connectivity index (χ3n) is 5.02. The molecule has 1 saturated heterocycles. The van der Waals surface area contributed by atoms with Crippen molar-refractivity contribution in [2.24, 2.45) is 11.8 Å². The number of rotatable bonds is 4. The van der Waals surface area contributed by atoms with Crippen LogP contribution < -0.4 is 0 Å². The first-order valence-corrected chi connectivity index (χ1v) is 8.65. The Labute approximate surface area is 133 Å². The lowest BCUT2D eigenvalue weighted by Crippen LogP contribution is -2.36. The Bertz CT molecular complexity index is 631. The summed E-state index contributed by atoms with van der Waals surface area (Å²) in [4.78, 5) is 2.44. The van der Waals surface area contributed by atoms with Crippen molar-refractivity contribution < 1.29 is 4.52 Å². The highest BCUT2D eigenvalue weighted by molar-refractivity contribution is 5.80. The van der Waals surface area contributed by atoms with E-state index in [1.54, 1.807) is 0 Å². The highest BCUT2D eigenvalue weighted by Gasteiger charge is 2.31. The van der Waals surface area contributed by atoms with Gasteiger partial charge in [0.15, 0.2) is 5.58 Å². The van der Waals surface area contributed by atoms with Crippen LogP contribution in [0.25, 0.3) is 11.0 Å². The van der Waals surface area contributed by atoms with Crippen LogP contribution in [0.5, 0.6) is 0 Å². The lowest BCUT2D eigenvalue weighted by atomic mass is 9.80. The maximum Gasteiger partial charge on any atom is 0.167 e. The van der Waals surface area contributed by atoms with Gasteiger partial charge in [0.05, 0.1) is 5.69 Å². The fourth-order valence-corrected chi connectivity index (χ4v) is 3.85. The molecule has 0 aliphatic carbocycles. The molecule has 1 aromatic carbocycles. The third-order valence-corrected chi connectivity index (χ3v) is 5.02. The smallest absolute Gasteiger partial charge is 0.167 e. The van der Waals surface area contributed by atoms with Gasteiger partial charge in [-0.25, -0.2) is 0 Å². The highest BCUT2D eigenvalue weighted by atomic mass is 16.5. The molecule has 1 aromatic heterocycles. The number of benzene rings is 1. The number of hydrogen-bond donors (Lipinski definition) is 0. The quantitative estimate of drug-likeness (QED) is 0.834. The lowest BCUT2D eigenvalue weighted by molar-refractivity contribution is 0.176. The molecule has 22 heavy (non-hydrogen) atoms. The summed E-state index contributed by atoms with van der Waals surface area (Å²) < 4.78 is 5.68. The van der Waals surface area contributed by atoms with E-state index in [1.807, 2.05) is 0 Å². The van der Waals surface area contributed by atoms with Crippen LogP contribution in [-0.2, 0) is 6.42 Å². The third kappa shape index (κ3) is 3.05. The molecule has 0 radical (unpaired) electrons. The average molecular weight is 300 g/mol. The molecule has 2 atom stereocenters. The molecule has 0 N–H and O–H groups in total. The number of nitrogens with zero attached hydrogens (tertiary/aromatic N) is 2. The maximum atomic E-state index is 5.68. The topological polar surface area (TPSA) is 29.3 Å². The van der Waals surface area contributed by atoms with Crippen LogP contribution in [0.4, 0.5) is 0 Å². The van der Waals surface area contributed by atoms with Crippen LogP contribution in [0, 0.1) is 11.8 Å². The van der Waals surface area contributed by atoms with Crippen LogP contribution >= 0.6 is 0 Å². The summed E-state index contributed by atoms with van der Waals surface area (Å²) in [5, 5.41) is 5.69. The molecule has 3 nitrogen and oxygen atoms in total. The van der Waals surface area contributed by atoms with Crippen molar-refractivity contribution in [2.75, 3.05) is 20.1 Å². The molecule has 1 fully saturated rings. The van der Waals surface area contributed by atoms with Crippen molar-refractivity contribution in [1.82, 2.24) is 10.1 Å². The van der Waals surface area contributed by atoms with Gasteiger partial charge >= 0.3 is 0 Å². The van der Waals surface area contributed by atoms with E-state index in [9.17, 15) is 0 Å². The summed E-state index contributed by atoms with van der Waals surface area (Å²) in [7, 11) is 2.22. The molecular weight excluding hydrogens is 272 g/mol. The van der Waals surface area contributed by atoms with Crippen LogP contribution in [0.15, 0.2) is 22.7 Å². The highest BCUT2D eigenvalue weighted by Crippen LogP contribution is 2.37. The van der Waals surface area contributed by atoms with Gasteiger partial charge in [0.1, 0.15) is 0 Å². The van der Waals surface area contributed by atoms with Gasteiger partial charge in [0, 0.05) is 17.8 Å². The molecule has 0 spiro atoms. The number of fused-ring (bicyclic) bond motifs is 1. The number of aromatic nitrogens is 1. The maximum absolute atomic E-state index is 5.68. The first-order chi connectivity index (χ1) is 10.6. The van der Waals surface area contributed by atoms with Crippen LogP contribution in [-0.4, -0.2) is 30.2 Å². The van der Waals surface area contributed by atoms with E-state index in [1.165, 1.54) is 36.0 Å². The molecule has 0 unspecified atom stereocenters. The minimum absolute atomic E-state index is 0.540.